The molecule has 1 fully saturated rings. The van der Waals surface area contributed by atoms with E-state index >= 15 is 0 Å². The molecule has 158 valence electrons. The lowest BCUT2D eigenvalue weighted by atomic mass is 9.96. The number of aliphatic hydroxyl groups excluding tert-OH is 2. The Bertz CT molecular complexity index is 806. The molecule has 4 unspecified atom stereocenters. The van der Waals surface area contributed by atoms with E-state index in [1.54, 1.807) is 6.20 Å². The fraction of sp³-hybridized carbons (Fsp3) is 0.500. The fourth-order valence-corrected chi connectivity index (χ4v) is 2.79. The maximum Gasteiger partial charge on any atom is 0.433 e. The number of aliphatic hydroxyl groups is 2. The van der Waals surface area contributed by atoms with Crippen LogP contribution >= 0.6 is 0 Å². The van der Waals surface area contributed by atoms with E-state index < -0.39 is 48.5 Å². The van der Waals surface area contributed by atoms with Crippen molar-refractivity contribution < 1.29 is 32.9 Å². The molecule has 2 aromatic heterocycles. The quantitative estimate of drug-likeness (QED) is 0.543. The Morgan fingerprint density at radius 3 is 2.76 bits per heavy atom. The normalized spacial score (nSPS) is 27.6. The summed E-state index contributed by atoms with van der Waals surface area (Å²) in [5.74, 6) is -0.401. The highest BCUT2D eigenvalue weighted by Crippen LogP contribution is 2.29. The highest BCUT2D eigenvalue weighted by molar-refractivity contribution is 5.29. The van der Waals surface area contributed by atoms with Gasteiger partial charge in [-0.05, 0) is 6.07 Å². The minimum absolute atomic E-state index is 0.0329. The van der Waals surface area contributed by atoms with Crippen LogP contribution in [0.15, 0.2) is 37.3 Å². The molecule has 3 rings (SSSR count). The second-order valence-corrected chi connectivity index (χ2v) is 6.20. The van der Waals surface area contributed by atoms with Gasteiger partial charge in [0.05, 0.1) is 19.3 Å². The van der Waals surface area contributed by atoms with Crippen LogP contribution in [-0.4, -0.2) is 72.4 Å². The van der Waals surface area contributed by atoms with Crippen molar-refractivity contribution >= 4 is 5.95 Å². The highest BCUT2D eigenvalue weighted by atomic mass is 19.4. The molecule has 13 heteroatoms. The Balaban J connectivity index is 1.79. The zero-order valence-corrected chi connectivity index (χ0v) is 15.0. The zero-order chi connectivity index (χ0) is 21.0. The molecule has 0 aromatic carbocycles. The van der Waals surface area contributed by atoms with Crippen LogP contribution in [0.25, 0.3) is 0 Å². The van der Waals surface area contributed by atoms with Crippen molar-refractivity contribution in [3.63, 3.8) is 0 Å². The number of hydrogen-bond acceptors (Lipinski definition) is 9. The third kappa shape index (κ3) is 5.06. The molecular formula is C16H19F3N6O4. The molecular weight excluding hydrogens is 397 g/mol. The van der Waals surface area contributed by atoms with Crippen molar-refractivity contribution in [1.82, 2.24) is 25.0 Å². The molecule has 3 N–H and O–H groups in total. The van der Waals surface area contributed by atoms with E-state index in [-0.39, 0.29) is 13.2 Å². The largest absolute Gasteiger partial charge is 0.433 e. The van der Waals surface area contributed by atoms with Crippen LogP contribution in [0.3, 0.4) is 0 Å². The van der Waals surface area contributed by atoms with Crippen LogP contribution < -0.4 is 5.32 Å². The molecule has 3 heterocycles. The number of aromatic nitrogens is 5. The molecule has 1 aliphatic heterocycles. The van der Waals surface area contributed by atoms with Crippen molar-refractivity contribution in [3.8, 4) is 0 Å². The van der Waals surface area contributed by atoms with Crippen LogP contribution in [0, 0.1) is 0 Å². The predicted octanol–water partition coefficient (Wildman–Crippen LogP) is 0.217. The summed E-state index contributed by atoms with van der Waals surface area (Å²) < 4.78 is 51.2. The highest BCUT2D eigenvalue weighted by Gasteiger charge is 2.46. The molecule has 1 saturated heterocycles. The number of nitrogens with zero attached hydrogens (tertiary/aromatic N) is 5. The molecule has 0 amide bonds. The van der Waals surface area contributed by atoms with Crippen molar-refractivity contribution in [2.45, 2.75) is 43.4 Å². The van der Waals surface area contributed by atoms with E-state index in [4.69, 9.17) is 9.47 Å². The average molecular weight is 416 g/mol. The minimum Gasteiger partial charge on any atom is -0.388 e. The molecule has 1 aliphatic rings. The summed E-state index contributed by atoms with van der Waals surface area (Å²) >= 11 is 0. The average Bonchev–Trinajstić information content (AvgIpc) is 3.19. The van der Waals surface area contributed by atoms with E-state index in [0.717, 1.165) is 6.20 Å². The fourth-order valence-electron chi connectivity index (χ4n) is 2.79. The Morgan fingerprint density at radius 2 is 2.10 bits per heavy atom. The molecule has 0 bridgehead atoms. The molecule has 29 heavy (non-hydrogen) atoms. The lowest BCUT2D eigenvalue weighted by molar-refractivity contribution is -0.256. The van der Waals surface area contributed by atoms with E-state index in [1.807, 2.05) is 0 Å². The van der Waals surface area contributed by atoms with Gasteiger partial charge in [0.1, 0.15) is 30.0 Å². The molecule has 0 spiro atoms. The lowest BCUT2D eigenvalue weighted by Crippen LogP contribution is -2.61. The molecule has 5 atom stereocenters. The number of rotatable bonds is 7. The summed E-state index contributed by atoms with van der Waals surface area (Å²) in [7, 11) is 0. The third-order valence-electron chi connectivity index (χ3n) is 4.16. The Labute approximate surface area is 163 Å². The van der Waals surface area contributed by atoms with Gasteiger partial charge in [-0.2, -0.15) is 13.2 Å². The summed E-state index contributed by atoms with van der Waals surface area (Å²) in [6.45, 7) is 3.62. The number of hydrogen-bond donors (Lipinski definition) is 3. The summed E-state index contributed by atoms with van der Waals surface area (Å²) in [5.41, 5.74) is -1.16. The summed E-state index contributed by atoms with van der Waals surface area (Å²) in [4.78, 5) is 7.13. The third-order valence-corrected chi connectivity index (χ3v) is 4.16. The first kappa shape index (κ1) is 21.1. The maximum atomic E-state index is 12.9. The predicted molar refractivity (Wildman–Crippen MR) is 91.3 cm³/mol. The Hall–Kier alpha value is -2.61. The van der Waals surface area contributed by atoms with Gasteiger partial charge in [-0.25, -0.2) is 14.6 Å². The van der Waals surface area contributed by atoms with Crippen LogP contribution in [0.5, 0.6) is 0 Å². The molecule has 10 nitrogen and oxygen atoms in total. The second-order valence-electron chi connectivity index (χ2n) is 6.20. The molecule has 2 aromatic rings. The number of nitrogens with one attached hydrogen (secondary N) is 1. The number of alkyl halides is 3. The minimum atomic E-state index is -4.66. The maximum absolute atomic E-state index is 12.9. The van der Waals surface area contributed by atoms with Gasteiger partial charge in [0, 0.05) is 12.4 Å². The Morgan fingerprint density at radius 1 is 1.31 bits per heavy atom. The first-order valence-electron chi connectivity index (χ1n) is 8.54. The summed E-state index contributed by atoms with van der Waals surface area (Å²) in [6, 6.07) is -0.436. The summed E-state index contributed by atoms with van der Waals surface area (Å²) in [6.07, 6.45) is -4.24. The van der Waals surface area contributed by atoms with E-state index in [1.165, 1.54) is 17.0 Å². The monoisotopic (exact) mass is 416 g/mol. The van der Waals surface area contributed by atoms with Gasteiger partial charge in [0.2, 0.25) is 5.95 Å². The number of ether oxygens (including phenoxy) is 2. The number of anilines is 1. The zero-order valence-electron chi connectivity index (χ0n) is 15.0. The van der Waals surface area contributed by atoms with Gasteiger partial charge in [-0.3, -0.25) is 0 Å². The SMILES string of the molecule is C=CCOC1O[C@@H](Cn2ccnn2)C(O)C(O)C1Nc1nccc(C(F)(F)F)n1. The van der Waals surface area contributed by atoms with Gasteiger partial charge in [-0.15, -0.1) is 11.7 Å². The van der Waals surface area contributed by atoms with Gasteiger partial charge in [0.15, 0.2) is 6.29 Å². The standard InChI is InChI=1S/C16H19F3N6O4/c1-2-7-28-14-11(23-15-20-4-3-10(22-15)16(17,18)19)13(27)12(26)9(29-14)8-25-6-5-21-24-25/h2-6,9,11-14,26-27H,1,7-8H2,(H,20,22,23)/t9-,11?,12?,13?,14?/m0/s1. The van der Waals surface area contributed by atoms with Gasteiger partial charge in [-0.1, -0.05) is 11.3 Å². The van der Waals surface area contributed by atoms with Crippen LogP contribution in [-0.2, 0) is 22.2 Å². The first-order chi connectivity index (χ1) is 13.8. The second kappa shape index (κ2) is 8.82. The van der Waals surface area contributed by atoms with Crippen LogP contribution in [0.2, 0.25) is 0 Å². The van der Waals surface area contributed by atoms with E-state index in [9.17, 15) is 23.4 Å². The number of halogens is 3. The molecule has 0 saturated carbocycles. The Kier molecular flexibility index (Phi) is 6.42. The van der Waals surface area contributed by atoms with Gasteiger partial charge < -0.3 is 25.0 Å². The van der Waals surface area contributed by atoms with Gasteiger partial charge in [0.25, 0.3) is 0 Å². The van der Waals surface area contributed by atoms with Crippen molar-refractivity contribution in [3.05, 3.63) is 43.0 Å². The van der Waals surface area contributed by atoms with Crippen molar-refractivity contribution in [2.75, 3.05) is 11.9 Å². The van der Waals surface area contributed by atoms with E-state index in [2.05, 4.69) is 32.2 Å². The summed E-state index contributed by atoms with van der Waals surface area (Å²) in [5, 5.41) is 31.0. The molecule has 0 radical (unpaired) electrons. The van der Waals surface area contributed by atoms with E-state index in [0.29, 0.717) is 6.07 Å². The van der Waals surface area contributed by atoms with Crippen LogP contribution in [0.4, 0.5) is 19.1 Å². The molecule has 0 aliphatic carbocycles. The first-order valence-corrected chi connectivity index (χ1v) is 8.54. The van der Waals surface area contributed by atoms with Crippen LogP contribution in [0.1, 0.15) is 5.69 Å². The van der Waals surface area contributed by atoms with Crippen molar-refractivity contribution in [1.29, 1.82) is 0 Å². The topological polar surface area (TPSA) is 127 Å². The smallest absolute Gasteiger partial charge is 0.388 e. The lowest BCUT2D eigenvalue weighted by Gasteiger charge is -2.42. The van der Waals surface area contributed by atoms with Crippen molar-refractivity contribution in [2.24, 2.45) is 0 Å². The van der Waals surface area contributed by atoms with Gasteiger partial charge >= 0.3 is 6.18 Å².